The molecule has 1 heterocycles. The summed E-state index contributed by atoms with van der Waals surface area (Å²) in [5, 5.41) is 8.87. The maximum atomic E-state index is 13.4. The van der Waals surface area contributed by atoms with Crippen molar-refractivity contribution in [1.82, 2.24) is 4.98 Å². The van der Waals surface area contributed by atoms with Gasteiger partial charge in [0.25, 0.3) is 10.0 Å². The fraction of sp³-hybridized carbons (Fsp3) is 0.208. The molecule has 1 aliphatic carbocycles. The summed E-state index contributed by atoms with van der Waals surface area (Å²) in [7, 11) is -4.63. The Kier molecular flexibility index (Phi) is 6.56. The van der Waals surface area contributed by atoms with Crippen LogP contribution in [-0.4, -0.2) is 30.3 Å². The van der Waals surface area contributed by atoms with E-state index in [2.05, 4.69) is 9.71 Å². The van der Waals surface area contributed by atoms with Gasteiger partial charge in [0.05, 0.1) is 26.7 Å². The summed E-state index contributed by atoms with van der Waals surface area (Å²) in [5.41, 5.74) is -1.50. The van der Waals surface area contributed by atoms with E-state index in [0.717, 1.165) is 25.0 Å². The number of aromatic carboxylic acids is 1. The number of pyridine rings is 1. The lowest BCUT2D eigenvalue weighted by Crippen LogP contribution is -2.19. The number of halogens is 4. The lowest BCUT2D eigenvalue weighted by atomic mass is 9.95. The van der Waals surface area contributed by atoms with Gasteiger partial charge in [-0.15, -0.1) is 0 Å². The minimum absolute atomic E-state index is 0.102. The number of benzene rings is 2. The third-order valence-electron chi connectivity index (χ3n) is 5.70. The molecule has 0 radical (unpaired) electrons. The summed E-state index contributed by atoms with van der Waals surface area (Å²) in [4.78, 5) is 28.6. The zero-order chi connectivity index (χ0) is 26.4. The van der Waals surface area contributed by atoms with E-state index in [4.69, 9.17) is 11.6 Å². The molecule has 1 saturated carbocycles. The van der Waals surface area contributed by atoms with Gasteiger partial charge in [-0.3, -0.25) is 14.5 Å². The van der Waals surface area contributed by atoms with Gasteiger partial charge in [0, 0.05) is 11.8 Å². The summed E-state index contributed by atoms with van der Waals surface area (Å²) >= 11 is 5.61. The average molecular weight is 539 g/mol. The highest BCUT2D eigenvalue weighted by atomic mass is 35.5. The predicted octanol–water partition coefficient (Wildman–Crippen LogP) is 5.67. The highest BCUT2D eigenvalue weighted by Crippen LogP contribution is 2.41. The molecule has 36 heavy (non-hydrogen) atoms. The molecule has 0 spiro atoms. The number of carbonyl (C=O) groups is 2. The number of hydrogen-bond donors (Lipinski definition) is 2. The second kappa shape index (κ2) is 9.21. The Labute approximate surface area is 209 Å². The van der Waals surface area contributed by atoms with E-state index >= 15 is 0 Å². The summed E-state index contributed by atoms with van der Waals surface area (Å²) in [6, 6.07) is 7.73. The maximum Gasteiger partial charge on any atom is 0.417 e. The first-order valence-electron chi connectivity index (χ1n) is 10.6. The fourth-order valence-electron chi connectivity index (χ4n) is 3.74. The van der Waals surface area contributed by atoms with Crippen LogP contribution in [0.15, 0.2) is 53.6 Å². The molecular formula is C24H18ClF3N2O5S. The Bertz CT molecular complexity index is 1500. The minimum Gasteiger partial charge on any atom is -0.478 e. The molecule has 0 atom stereocenters. The van der Waals surface area contributed by atoms with Crippen LogP contribution in [0.4, 0.5) is 18.9 Å². The normalized spacial score (nSPS) is 13.9. The van der Waals surface area contributed by atoms with Crippen LogP contribution >= 0.6 is 11.6 Å². The van der Waals surface area contributed by atoms with Crippen LogP contribution in [0.2, 0.25) is 5.02 Å². The second-order valence-electron chi connectivity index (χ2n) is 8.32. The standard InChI is InChI=1S/C24H18ClF3N2O5S/c1-12-3-2-4-16(23(32)33)20(12)22(31)21-19(9-14(11-29-21)13-5-6-13)30-36(34,35)15-7-8-18(25)17(10-15)24(26,27)28/h2-4,7-11,13,30H,5-6H2,1H3,(H,32,33). The third-order valence-corrected chi connectivity index (χ3v) is 7.39. The first-order chi connectivity index (χ1) is 16.8. The zero-order valence-corrected chi connectivity index (χ0v) is 20.1. The number of anilines is 1. The molecule has 1 aliphatic rings. The molecule has 3 aromatic rings. The monoisotopic (exact) mass is 538 g/mol. The molecule has 7 nitrogen and oxygen atoms in total. The van der Waals surface area contributed by atoms with Crippen LogP contribution in [0.5, 0.6) is 0 Å². The fourth-order valence-corrected chi connectivity index (χ4v) is 5.05. The first kappa shape index (κ1) is 25.6. The number of sulfonamides is 1. The van der Waals surface area contributed by atoms with Crippen LogP contribution in [-0.2, 0) is 16.2 Å². The molecule has 1 aromatic heterocycles. The van der Waals surface area contributed by atoms with Crippen molar-refractivity contribution in [3.8, 4) is 0 Å². The number of aryl methyl sites for hydroxylation is 1. The van der Waals surface area contributed by atoms with E-state index in [1.165, 1.54) is 37.4 Å². The Morgan fingerprint density at radius 2 is 1.83 bits per heavy atom. The van der Waals surface area contributed by atoms with Crippen molar-refractivity contribution in [3.05, 3.63) is 87.2 Å². The van der Waals surface area contributed by atoms with Crippen LogP contribution in [0.25, 0.3) is 0 Å². The number of hydrogen-bond acceptors (Lipinski definition) is 5. The topological polar surface area (TPSA) is 113 Å². The van der Waals surface area contributed by atoms with Crippen LogP contribution < -0.4 is 4.72 Å². The smallest absolute Gasteiger partial charge is 0.417 e. The molecule has 2 aromatic carbocycles. The quantitative estimate of drug-likeness (QED) is 0.375. The molecule has 1 fully saturated rings. The Hall–Kier alpha value is -3.44. The molecular weight excluding hydrogens is 521 g/mol. The van der Waals surface area contributed by atoms with Gasteiger partial charge in [0.15, 0.2) is 0 Å². The molecule has 4 rings (SSSR count). The average Bonchev–Trinajstić information content (AvgIpc) is 3.63. The number of carboxylic acids is 1. The summed E-state index contributed by atoms with van der Waals surface area (Å²) in [6.45, 7) is 1.52. The number of rotatable bonds is 7. The first-order valence-corrected chi connectivity index (χ1v) is 12.4. The molecule has 0 aliphatic heterocycles. The van der Waals surface area contributed by atoms with Gasteiger partial charge in [-0.2, -0.15) is 13.2 Å². The number of carbonyl (C=O) groups excluding carboxylic acids is 1. The van der Waals surface area contributed by atoms with Crippen molar-refractivity contribution in [3.63, 3.8) is 0 Å². The third kappa shape index (κ3) is 5.07. The molecule has 0 unspecified atom stereocenters. The Balaban J connectivity index is 1.82. The number of aromatic nitrogens is 1. The van der Waals surface area contributed by atoms with E-state index in [-0.39, 0.29) is 28.4 Å². The van der Waals surface area contributed by atoms with Gasteiger partial charge in [-0.05, 0) is 67.1 Å². The van der Waals surface area contributed by atoms with Crippen molar-refractivity contribution in [1.29, 1.82) is 0 Å². The summed E-state index contributed by atoms with van der Waals surface area (Å²) < 4.78 is 68.2. The highest BCUT2D eigenvalue weighted by Gasteiger charge is 2.35. The lowest BCUT2D eigenvalue weighted by Gasteiger charge is -2.16. The van der Waals surface area contributed by atoms with E-state index in [1.54, 1.807) is 0 Å². The van der Waals surface area contributed by atoms with E-state index < -0.39 is 43.4 Å². The van der Waals surface area contributed by atoms with E-state index in [9.17, 15) is 36.3 Å². The number of ketones is 1. The minimum atomic E-state index is -4.89. The van der Waals surface area contributed by atoms with Crippen LogP contribution in [0.1, 0.15) is 61.9 Å². The van der Waals surface area contributed by atoms with Crippen molar-refractivity contribution < 1.29 is 36.3 Å². The predicted molar refractivity (Wildman–Crippen MR) is 125 cm³/mol. The van der Waals surface area contributed by atoms with Crippen molar-refractivity contribution in [2.24, 2.45) is 0 Å². The summed E-state index contributed by atoms with van der Waals surface area (Å²) in [5.74, 6) is -2.11. The van der Waals surface area contributed by atoms with E-state index in [0.29, 0.717) is 17.2 Å². The van der Waals surface area contributed by atoms with Gasteiger partial charge in [-0.1, -0.05) is 23.7 Å². The van der Waals surface area contributed by atoms with Crippen molar-refractivity contribution in [2.75, 3.05) is 4.72 Å². The largest absolute Gasteiger partial charge is 0.478 e. The molecule has 188 valence electrons. The number of nitrogens with one attached hydrogen (secondary N) is 1. The van der Waals surface area contributed by atoms with Crippen LogP contribution in [0.3, 0.4) is 0 Å². The van der Waals surface area contributed by atoms with Crippen molar-refractivity contribution in [2.45, 2.75) is 36.8 Å². The SMILES string of the molecule is Cc1cccc(C(=O)O)c1C(=O)c1ncc(C2CC2)cc1NS(=O)(=O)c1ccc(Cl)c(C(F)(F)F)c1. The van der Waals surface area contributed by atoms with Gasteiger partial charge >= 0.3 is 12.1 Å². The maximum absolute atomic E-state index is 13.4. The number of nitrogens with zero attached hydrogens (tertiary/aromatic N) is 1. The van der Waals surface area contributed by atoms with Gasteiger partial charge in [0.1, 0.15) is 5.69 Å². The number of carboxylic acid groups (broad SMARTS) is 1. The van der Waals surface area contributed by atoms with Gasteiger partial charge in [0.2, 0.25) is 5.78 Å². The molecule has 0 bridgehead atoms. The van der Waals surface area contributed by atoms with Gasteiger partial charge in [-0.25, -0.2) is 13.2 Å². The molecule has 2 N–H and O–H groups in total. The Morgan fingerprint density at radius 3 is 2.44 bits per heavy atom. The second-order valence-corrected chi connectivity index (χ2v) is 10.4. The van der Waals surface area contributed by atoms with Crippen molar-refractivity contribution >= 4 is 39.1 Å². The zero-order valence-electron chi connectivity index (χ0n) is 18.6. The summed E-state index contributed by atoms with van der Waals surface area (Å²) in [6.07, 6.45) is -1.83. The molecule has 12 heteroatoms. The van der Waals surface area contributed by atoms with Crippen LogP contribution in [0, 0.1) is 6.92 Å². The number of alkyl halides is 3. The lowest BCUT2D eigenvalue weighted by molar-refractivity contribution is -0.137. The van der Waals surface area contributed by atoms with E-state index in [1.807, 2.05) is 0 Å². The highest BCUT2D eigenvalue weighted by molar-refractivity contribution is 7.92. The molecule has 0 saturated heterocycles. The van der Waals surface area contributed by atoms with Gasteiger partial charge < -0.3 is 5.11 Å². The Morgan fingerprint density at radius 1 is 1.14 bits per heavy atom. The molecule has 0 amide bonds.